The highest BCUT2D eigenvalue weighted by atomic mass is 32.2. The number of Topliss-reactive ketones (excluding diaryl/α,β-unsaturated/α-hetero) is 1. The van der Waals surface area contributed by atoms with Gasteiger partial charge in [-0.2, -0.15) is 0 Å². The van der Waals surface area contributed by atoms with Gasteiger partial charge in [-0.3, -0.25) is 24.6 Å². The summed E-state index contributed by atoms with van der Waals surface area (Å²) in [6, 6.07) is 19.8. The van der Waals surface area contributed by atoms with Crippen molar-refractivity contribution in [2.45, 2.75) is 31.3 Å². The minimum absolute atomic E-state index is 0.00473. The summed E-state index contributed by atoms with van der Waals surface area (Å²) in [4.78, 5) is 41.5. The lowest BCUT2D eigenvalue weighted by Gasteiger charge is -2.36. The first kappa shape index (κ1) is 22.9. The van der Waals surface area contributed by atoms with Crippen LogP contribution in [0.4, 0.5) is 11.4 Å². The number of hydrogen-bond donors (Lipinski definition) is 1. The Hall–Kier alpha value is -3.49. The van der Waals surface area contributed by atoms with Crippen LogP contribution in [-0.2, 0) is 10.3 Å². The van der Waals surface area contributed by atoms with Crippen molar-refractivity contribution in [3.63, 3.8) is 0 Å². The molecule has 8 heteroatoms. The summed E-state index contributed by atoms with van der Waals surface area (Å²) in [7, 11) is 0. The summed E-state index contributed by atoms with van der Waals surface area (Å²) in [5.41, 5.74) is 3.93. The number of nitrogens with zero attached hydrogens (tertiary/aromatic N) is 2. The molecule has 3 aliphatic rings. The molecule has 3 aromatic rings. The van der Waals surface area contributed by atoms with Crippen LogP contribution in [0.5, 0.6) is 0 Å². The maximum atomic E-state index is 14.4. The average molecular weight is 500 g/mol. The summed E-state index contributed by atoms with van der Waals surface area (Å²) in [6.45, 7) is 3.97. The first-order valence-electron chi connectivity index (χ1n) is 11.9. The molecule has 0 aliphatic carbocycles. The van der Waals surface area contributed by atoms with Crippen molar-refractivity contribution < 1.29 is 14.5 Å². The fourth-order valence-electron chi connectivity index (χ4n) is 6.28. The fourth-order valence-corrected chi connectivity index (χ4v) is 7.60. The molecule has 3 heterocycles. The highest BCUT2D eigenvalue weighted by molar-refractivity contribution is 7.99. The fraction of sp³-hybridized carbons (Fsp3) is 0.286. The second-order valence-electron chi connectivity index (χ2n) is 9.89. The smallest absolute Gasteiger partial charge is 0.269 e. The maximum absolute atomic E-state index is 14.4. The Morgan fingerprint density at radius 1 is 1.06 bits per heavy atom. The number of rotatable bonds is 4. The number of thioether (sulfide) groups is 1. The first-order valence-corrected chi connectivity index (χ1v) is 13.1. The summed E-state index contributed by atoms with van der Waals surface area (Å²) >= 11 is 1.75. The van der Waals surface area contributed by atoms with Crippen molar-refractivity contribution in [2.24, 2.45) is 5.92 Å². The van der Waals surface area contributed by atoms with E-state index in [0.717, 1.165) is 33.7 Å². The number of nitro groups is 1. The van der Waals surface area contributed by atoms with Gasteiger partial charge in [-0.1, -0.05) is 59.7 Å². The summed E-state index contributed by atoms with van der Waals surface area (Å²) in [5.74, 6) is 0.164. The second kappa shape index (κ2) is 8.28. The Kier molecular flexibility index (Phi) is 5.28. The van der Waals surface area contributed by atoms with E-state index in [1.165, 1.54) is 12.1 Å². The lowest BCUT2D eigenvalue weighted by atomic mass is 9.69. The number of fused-ring (bicyclic) bond motifs is 4. The number of aryl methyl sites for hydroxylation is 2. The topological polar surface area (TPSA) is 92.5 Å². The Balaban J connectivity index is 1.59. The Labute approximate surface area is 213 Å². The number of ketones is 1. The molecule has 7 nitrogen and oxygen atoms in total. The Morgan fingerprint density at radius 3 is 2.44 bits per heavy atom. The molecule has 1 N–H and O–H groups in total. The number of anilines is 1. The highest BCUT2D eigenvalue weighted by Gasteiger charge is 2.69. The Bertz CT molecular complexity index is 1410. The molecule has 4 atom stereocenters. The first-order chi connectivity index (χ1) is 17.3. The number of amides is 1. The van der Waals surface area contributed by atoms with Gasteiger partial charge in [0.1, 0.15) is 5.54 Å². The summed E-state index contributed by atoms with van der Waals surface area (Å²) < 4.78 is 0. The van der Waals surface area contributed by atoms with Crippen LogP contribution in [-0.4, -0.2) is 39.2 Å². The van der Waals surface area contributed by atoms with Gasteiger partial charge in [-0.05, 0) is 25.5 Å². The lowest BCUT2D eigenvalue weighted by Crippen LogP contribution is -2.52. The number of carbonyl (C=O) groups is 2. The van der Waals surface area contributed by atoms with Crippen LogP contribution in [0.2, 0.25) is 0 Å². The van der Waals surface area contributed by atoms with Gasteiger partial charge in [-0.15, -0.1) is 11.8 Å². The van der Waals surface area contributed by atoms with Crippen molar-refractivity contribution in [3.8, 4) is 0 Å². The number of nitro benzene ring substituents is 1. The molecule has 0 radical (unpaired) electrons. The standard InChI is InChI=1S/C28H25N3O4S/c1-16-3-6-19(7-4-16)26(32)25-24(18-8-10-20(11-9-18)31(34)35)23-14-36-15-30(23)28(25)21-13-17(2)5-12-22(21)29-27(28)33/h3-13,23-25H,14-15H2,1-2H3,(H,29,33)/t23-,24+,25+,28-/m0/s1. The van der Waals surface area contributed by atoms with Crippen molar-refractivity contribution in [2.75, 3.05) is 16.9 Å². The van der Waals surface area contributed by atoms with E-state index in [1.807, 2.05) is 56.3 Å². The minimum atomic E-state index is -1.15. The van der Waals surface area contributed by atoms with Crippen molar-refractivity contribution in [1.29, 1.82) is 0 Å². The zero-order chi connectivity index (χ0) is 25.2. The van der Waals surface area contributed by atoms with Gasteiger partial charge in [0, 0.05) is 52.5 Å². The van der Waals surface area contributed by atoms with Crippen LogP contribution in [0.25, 0.3) is 0 Å². The molecule has 0 bridgehead atoms. The molecule has 2 saturated heterocycles. The average Bonchev–Trinajstić information content (AvgIpc) is 3.52. The highest BCUT2D eigenvalue weighted by Crippen LogP contribution is 2.61. The van der Waals surface area contributed by atoms with Crippen LogP contribution < -0.4 is 5.32 Å². The van der Waals surface area contributed by atoms with Gasteiger partial charge in [0.2, 0.25) is 5.91 Å². The van der Waals surface area contributed by atoms with Gasteiger partial charge >= 0.3 is 0 Å². The quantitative estimate of drug-likeness (QED) is 0.308. The molecule has 36 heavy (non-hydrogen) atoms. The van der Waals surface area contributed by atoms with Gasteiger partial charge in [0.25, 0.3) is 5.69 Å². The van der Waals surface area contributed by atoms with E-state index in [2.05, 4.69) is 10.2 Å². The van der Waals surface area contributed by atoms with Crippen molar-refractivity contribution in [1.82, 2.24) is 4.90 Å². The van der Waals surface area contributed by atoms with Gasteiger partial charge in [0.05, 0.1) is 10.8 Å². The third-order valence-corrected chi connectivity index (χ3v) is 8.92. The molecule has 0 unspecified atom stereocenters. The van der Waals surface area contributed by atoms with Crippen LogP contribution in [0.15, 0.2) is 66.7 Å². The number of nitrogens with one attached hydrogen (secondary N) is 1. The van der Waals surface area contributed by atoms with E-state index in [9.17, 15) is 19.7 Å². The van der Waals surface area contributed by atoms with Crippen LogP contribution in [0.3, 0.4) is 0 Å². The Morgan fingerprint density at radius 2 is 1.75 bits per heavy atom. The molecule has 1 spiro atoms. The minimum Gasteiger partial charge on any atom is -0.324 e. The van der Waals surface area contributed by atoms with Crippen LogP contribution >= 0.6 is 11.8 Å². The summed E-state index contributed by atoms with van der Waals surface area (Å²) in [6.07, 6.45) is 0. The molecule has 3 aliphatic heterocycles. The maximum Gasteiger partial charge on any atom is 0.269 e. The number of carbonyl (C=O) groups excluding carboxylic acids is 2. The zero-order valence-electron chi connectivity index (χ0n) is 19.9. The largest absolute Gasteiger partial charge is 0.324 e. The summed E-state index contributed by atoms with van der Waals surface area (Å²) in [5, 5.41) is 14.4. The molecule has 1 amide bonds. The van der Waals surface area contributed by atoms with Crippen LogP contribution in [0, 0.1) is 29.9 Å². The second-order valence-corrected chi connectivity index (χ2v) is 10.9. The lowest BCUT2D eigenvalue weighted by molar-refractivity contribution is -0.384. The molecule has 0 saturated carbocycles. The molecule has 3 aromatic carbocycles. The van der Waals surface area contributed by atoms with E-state index >= 15 is 0 Å². The van der Waals surface area contributed by atoms with E-state index < -0.39 is 16.4 Å². The predicted octanol–water partition coefficient (Wildman–Crippen LogP) is 5.03. The van der Waals surface area contributed by atoms with Gasteiger partial charge in [0.15, 0.2) is 5.78 Å². The number of hydrogen-bond acceptors (Lipinski definition) is 6. The molecular formula is C28H25N3O4S. The van der Waals surface area contributed by atoms with E-state index in [0.29, 0.717) is 11.4 Å². The van der Waals surface area contributed by atoms with Gasteiger partial charge < -0.3 is 5.32 Å². The van der Waals surface area contributed by atoms with E-state index in [1.54, 1.807) is 23.9 Å². The number of benzene rings is 3. The van der Waals surface area contributed by atoms with Crippen molar-refractivity contribution >= 4 is 34.8 Å². The SMILES string of the molecule is Cc1ccc(C(=O)[C@H]2[C@H](c3ccc([N+](=O)[O-])cc3)[C@@H]3CSCN3[C@]23C(=O)Nc2ccc(C)cc23)cc1. The van der Waals surface area contributed by atoms with E-state index in [-0.39, 0.29) is 29.3 Å². The van der Waals surface area contributed by atoms with Gasteiger partial charge in [-0.25, -0.2) is 0 Å². The monoisotopic (exact) mass is 499 g/mol. The third-order valence-electron chi connectivity index (χ3n) is 7.88. The molecule has 182 valence electrons. The van der Waals surface area contributed by atoms with Crippen molar-refractivity contribution in [3.05, 3.63) is 105 Å². The number of non-ortho nitro benzene ring substituents is 1. The zero-order valence-corrected chi connectivity index (χ0v) is 20.7. The third kappa shape index (κ3) is 3.17. The normalized spacial score (nSPS) is 26.6. The molecule has 6 rings (SSSR count). The molecule has 2 fully saturated rings. The van der Waals surface area contributed by atoms with Crippen LogP contribution in [0.1, 0.15) is 38.5 Å². The van der Waals surface area contributed by atoms with E-state index in [4.69, 9.17) is 0 Å². The molecular weight excluding hydrogens is 474 g/mol. The predicted molar refractivity (Wildman–Crippen MR) is 139 cm³/mol. The molecule has 0 aromatic heterocycles.